The minimum absolute atomic E-state index is 0.0768. The average molecular weight is 278 g/mol. The Labute approximate surface area is 119 Å². The van der Waals surface area contributed by atoms with E-state index in [4.69, 9.17) is 9.47 Å². The highest BCUT2D eigenvalue weighted by molar-refractivity contribution is 5.79. The van der Waals surface area contributed by atoms with Gasteiger partial charge in [0.25, 0.3) is 0 Å². The van der Waals surface area contributed by atoms with Gasteiger partial charge in [-0.05, 0) is 31.5 Å². The van der Waals surface area contributed by atoms with Crippen LogP contribution in [0.3, 0.4) is 0 Å². The summed E-state index contributed by atoms with van der Waals surface area (Å²) in [7, 11) is 3.23. The lowest BCUT2D eigenvalue weighted by molar-refractivity contribution is -0.125. The summed E-state index contributed by atoms with van der Waals surface area (Å²) in [5, 5.41) is 6.23. The SMILES string of the molecule is COc1ccc(CNC(=O)[C@@H]2CCCNC2)c(OC)c1. The molecule has 0 unspecified atom stereocenters. The van der Waals surface area contributed by atoms with Gasteiger partial charge in [-0.3, -0.25) is 4.79 Å². The molecule has 5 nitrogen and oxygen atoms in total. The van der Waals surface area contributed by atoms with E-state index in [0.29, 0.717) is 6.54 Å². The first-order chi connectivity index (χ1) is 9.74. The van der Waals surface area contributed by atoms with Gasteiger partial charge < -0.3 is 20.1 Å². The molecule has 0 aliphatic carbocycles. The molecule has 110 valence electrons. The van der Waals surface area contributed by atoms with E-state index in [1.807, 2.05) is 18.2 Å². The summed E-state index contributed by atoms with van der Waals surface area (Å²) in [5.74, 6) is 1.66. The van der Waals surface area contributed by atoms with Crippen molar-refractivity contribution >= 4 is 5.91 Å². The van der Waals surface area contributed by atoms with Crippen molar-refractivity contribution in [2.24, 2.45) is 5.92 Å². The second kappa shape index (κ2) is 7.14. The van der Waals surface area contributed by atoms with E-state index in [0.717, 1.165) is 43.0 Å². The fourth-order valence-corrected chi connectivity index (χ4v) is 2.40. The number of benzene rings is 1. The molecule has 1 aromatic rings. The summed E-state index contributed by atoms with van der Waals surface area (Å²) in [6.07, 6.45) is 2.02. The van der Waals surface area contributed by atoms with Crippen LogP contribution in [0.5, 0.6) is 11.5 Å². The molecule has 2 rings (SSSR count). The van der Waals surface area contributed by atoms with Gasteiger partial charge in [-0.1, -0.05) is 0 Å². The number of hydrogen-bond acceptors (Lipinski definition) is 4. The number of hydrogen-bond donors (Lipinski definition) is 2. The van der Waals surface area contributed by atoms with Crippen LogP contribution in [0.25, 0.3) is 0 Å². The minimum atomic E-state index is 0.0768. The van der Waals surface area contributed by atoms with Crippen molar-refractivity contribution in [1.82, 2.24) is 10.6 Å². The highest BCUT2D eigenvalue weighted by atomic mass is 16.5. The molecular weight excluding hydrogens is 256 g/mol. The van der Waals surface area contributed by atoms with E-state index in [9.17, 15) is 4.79 Å². The van der Waals surface area contributed by atoms with Crippen LogP contribution in [-0.2, 0) is 11.3 Å². The van der Waals surface area contributed by atoms with Crippen molar-refractivity contribution in [3.63, 3.8) is 0 Å². The van der Waals surface area contributed by atoms with E-state index in [2.05, 4.69) is 10.6 Å². The van der Waals surface area contributed by atoms with Gasteiger partial charge >= 0.3 is 0 Å². The number of methoxy groups -OCH3 is 2. The third-order valence-corrected chi connectivity index (χ3v) is 3.61. The fourth-order valence-electron chi connectivity index (χ4n) is 2.40. The van der Waals surface area contributed by atoms with Gasteiger partial charge in [-0.15, -0.1) is 0 Å². The first kappa shape index (κ1) is 14.7. The number of rotatable bonds is 5. The van der Waals surface area contributed by atoms with Gasteiger partial charge in [0.2, 0.25) is 5.91 Å². The average Bonchev–Trinajstić information content (AvgIpc) is 2.53. The Hall–Kier alpha value is -1.75. The third kappa shape index (κ3) is 3.63. The largest absolute Gasteiger partial charge is 0.497 e. The normalized spacial score (nSPS) is 18.4. The number of ether oxygens (including phenoxy) is 2. The molecule has 0 saturated carbocycles. The van der Waals surface area contributed by atoms with Crippen LogP contribution in [0, 0.1) is 5.92 Å². The van der Waals surface area contributed by atoms with E-state index < -0.39 is 0 Å². The molecule has 1 fully saturated rings. The molecule has 0 radical (unpaired) electrons. The lowest BCUT2D eigenvalue weighted by Gasteiger charge is -2.22. The Morgan fingerprint density at radius 1 is 1.40 bits per heavy atom. The zero-order valence-corrected chi connectivity index (χ0v) is 12.1. The van der Waals surface area contributed by atoms with E-state index >= 15 is 0 Å². The summed E-state index contributed by atoms with van der Waals surface area (Å²) < 4.78 is 10.5. The summed E-state index contributed by atoms with van der Waals surface area (Å²) >= 11 is 0. The quantitative estimate of drug-likeness (QED) is 0.853. The van der Waals surface area contributed by atoms with E-state index in [1.54, 1.807) is 14.2 Å². The third-order valence-electron chi connectivity index (χ3n) is 3.61. The molecule has 1 aliphatic heterocycles. The smallest absolute Gasteiger partial charge is 0.224 e. The summed E-state index contributed by atoms with van der Waals surface area (Å²) in [4.78, 5) is 12.1. The van der Waals surface area contributed by atoms with Crippen LogP contribution in [0.15, 0.2) is 18.2 Å². The number of carbonyl (C=O) groups is 1. The van der Waals surface area contributed by atoms with Gasteiger partial charge in [0.15, 0.2) is 0 Å². The molecule has 1 atom stereocenters. The molecule has 0 aromatic heterocycles. The Morgan fingerprint density at radius 2 is 2.25 bits per heavy atom. The van der Waals surface area contributed by atoms with Crippen molar-refractivity contribution in [3.8, 4) is 11.5 Å². The maximum atomic E-state index is 12.1. The molecule has 5 heteroatoms. The van der Waals surface area contributed by atoms with Crippen molar-refractivity contribution in [1.29, 1.82) is 0 Å². The van der Waals surface area contributed by atoms with Crippen LogP contribution in [0.1, 0.15) is 18.4 Å². The van der Waals surface area contributed by atoms with Gasteiger partial charge in [0, 0.05) is 24.7 Å². The number of piperidine rings is 1. The van der Waals surface area contributed by atoms with Crippen LogP contribution in [0.2, 0.25) is 0 Å². The van der Waals surface area contributed by atoms with Crippen LogP contribution in [0.4, 0.5) is 0 Å². The second-order valence-electron chi connectivity index (χ2n) is 4.94. The minimum Gasteiger partial charge on any atom is -0.497 e. The Balaban J connectivity index is 1.94. The van der Waals surface area contributed by atoms with Gasteiger partial charge in [-0.25, -0.2) is 0 Å². The summed E-state index contributed by atoms with van der Waals surface area (Å²) in [5.41, 5.74) is 0.949. The standard InChI is InChI=1S/C15H22N2O3/c1-19-13-6-5-11(14(8-13)20-2)10-17-15(18)12-4-3-7-16-9-12/h5-6,8,12,16H,3-4,7,9-10H2,1-2H3,(H,17,18)/t12-/m1/s1. The maximum absolute atomic E-state index is 12.1. The lowest BCUT2D eigenvalue weighted by Crippen LogP contribution is -2.40. The summed E-state index contributed by atoms with van der Waals surface area (Å²) in [6, 6.07) is 5.60. The number of amides is 1. The van der Waals surface area contributed by atoms with Gasteiger partial charge in [0.05, 0.1) is 20.1 Å². The first-order valence-corrected chi connectivity index (χ1v) is 6.94. The zero-order valence-electron chi connectivity index (χ0n) is 12.1. The number of nitrogens with one attached hydrogen (secondary N) is 2. The van der Waals surface area contributed by atoms with E-state index in [-0.39, 0.29) is 11.8 Å². The fraction of sp³-hybridized carbons (Fsp3) is 0.533. The Morgan fingerprint density at radius 3 is 2.90 bits per heavy atom. The zero-order chi connectivity index (χ0) is 14.4. The highest BCUT2D eigenvalue weighted by Gasteiger charge is 2.20. The van der Waals surface area contributed by atoms with Gasteiger partial charge in [0.1, 0.15) is 11.5 Å². The monoisotopic (exact) mass is 278 g/mol. The highest BCUT2D eigenvalue weighted by Crippen LogP contribution is 2.24. The first-order valence-electron chi connectivity index (χ1n) is 6.94. The molecule has 0 spiro atoms. The van der Waals surface area contributed by atoms with Crippen LogP contribution in [-0.4, -0.2) is 33.2 Å². The topological polar surface area (TPSA) is 59.6 Å². The molecule has 1 aliphatic rings. The maximum Gasteiger partial charge on any atom is 0.224 e. The Kier molecular flexibility index (Phi) is 5.24. The summed E-state index contributed by atoms with van der Waals surface area (Å²) in [6.45, 7) is 2.25. The molecule has 20 heavy (non-hydrogen) atoms. The molecule has 1 aromatic carbocycles. The molecule has 1 amide bonds. The van der Waals surface area contributed by atoms with Gasteiger partial charge in [-0.2, -0.15) is 0 Å². The molecule has 2 N–H and O–H groups in total. The molecule has 1 heterocycles. The van der Waals surface area contributed by atoms with E-state index in [1.165, 1.54) is 0 Å². The lowest BCUT2D eigenvalue weighted by atomic mass is 9.99. The van der Waals surface area contributed by atoms with Crippen molar-refractivity contribution < 1.29 is 14.3 Å². The van der Waals surface area contributed by atoms with Crippen molar-refractivity contribution in [2.75, 3.05) is 27.3 Å². The molecule has 0 bridgehead atoms. The van der Waals surface area contributed by atoms with Crippen molar-refractivity contribution in [2.45, 2.75) is 19.4 Å². The van der Waals surface area contributed by atoms with Crippen LogP contribution < -0.4 is 20.1 Å². The Bertz CT molecular complexity index is 456. The van der Waals surface area contributed by atoms with Crippen LogP contribution >= 0.6 is 0 Å². The molecular formula is C15H22N2O3. The second-order valence-corrected chi connectivity index (χ2v) is 4.94. The predicted molar refractivity (Wildman–Crippen MR) is 77.0 cm³/mol. The van der Waals surface area contributed by atoms with Crippen molar-refractivity contribution in [3.05, 3.63) is 23.8 Å². The number of carbonyl (C=O) groups excluding carboxylic acids is 1. The predicted octanol–water partition coefficient (Wildman–Crippen LogP) is 1.32. The molecule has 1 saturated heterocycles.